The van der Waals surface area contributed by atoms with E-state index in [2.05, 4.69) is 44.8 Å². The Morgan fingerprint density at radius 3 is 2.56 bits per heavy atom. The number of hydrogen-bond acceptors (Lipinski definition) is 3. The van der Waals surface area contributed by atoms with Crippen molar-refractivity contribution in [1.29, 1.82) is 0 Å². The van der Waals surface area contributed by atoms with Gasteiger partial charge in [-0.2, -0.15) is 10.2 Å². The van der Waals surface area contributed by atoms with Gasteiger partial charge in [0.05, 0.1) is 17.8 Å². The summed E-state index contributed by atoms with van der Waals surface area (Å²) in [6, 6.07) is 2.07. The van der Waals surface area contributed by atoms with Crippen molar-refractivity contribution >= 4 is 5.91 Å². The molecule has 6 nitrogen and oxygen atoms in total. The first-order valence-electron chi connectivity index (χ1n) is 9.08. The molecule has 3 heterocycles. The number of carbonyl (C=O) groups is 1. The third-order valence-corrected chi connectivity index (χ3v) is 4.81. The fourth-order valence-electron chi connectivity index (χ4n) is 3.56. The molecule has 1 atom stereocenters. The van der Waals surface area contributed by atoms with Gasteiger partial charge in [-0.25, -0.2) is 0 Å². The molecule has 0 unspecified atom stereocenters. The molecule has 0 aromatic carbocycles. The highest BCUT2D eigenvalue weighted by molar-refractivity contribution is 5.93. The SMILES string of the molecule is CC(C)c1cc(C(=O)N2CCC[C@@H]2c2cnn(C)c2)nn1C(C)(C)C. The summed E-state index contributed by atoms with van der Waals surface area (Å²) in [5.41, 5.74) is 2.61. The van der Waals surface area contributed by atoms with E-state index >= 15 is 0 Å². The van der Waals surface area contributed by atoms with Gasteiger partial charge in [-0.3, -0.25) is 14.2 Å². The minimum absolute atomic E-state index is 0.0243. The summed E-state index contributed by atoms with van der Waals surface area (Å²) in [5.74, 6) is 0.345. The molecule has 3 rings (SSSR count). The maximum absolute atomic E-state index is 13.2. The van der Waals surface area contributed by atoms with Crippen LogP contribution in [0.15, 0.2) is 18.5 Å². The van der Waals surface area contributed by atoms with E-state index in [0.717, 1.165) is 30.6 Å². The topological polar surface area (TPSA) is 56.0 Å². The van der Waals surface area contributed by atoms with E-state index in [4.69, 9.17) is 0 Å². The fraction of sp³-hybridized carbons (Fsp3) is 0.632. The zero-order valence-electron chi connectivity index (χ0n) is 16.2. The standard InChI is InChI=1S/C19H29N5O/c1-13(2)17-10-15(21-24(17)19(3,4)5)18(25)23-9-7-8-16(23)14-11-20-22(6)12-14/h10-13,16H,7-9H2,1-6H3/t16-/m1/s1. The molecule has 1 fully saturated rings. The molecule has 1 saturated heterocycles. The summed E-state index contributed by atoms with van der Waals surface area (Å²) in [7, 11) is 1.91. The Morgan fingerprint density at radius 1 is 1.32 bits per heavy atom. The van der Waals surface area contributed by atoms with E-state index in [9.17, 15) is 4.79 Å². The highest BCUT2D eigenvalue weighted by atomic mass is 16.2. The van der Waals surface area contributed by atoms with Crippen LogP contribution in [0.1, 0.15) is 81.2 Å². The van der Waals surface area contributed by atoms with Crippen LogP contribution in [0, 0.1) is 0 Å². The van der Waals surface area contributed by atoms with Gasteiger partial charge in [0.1, 0.15) is 0 Å². The first kappa shape index (κ1) is 17.7. The van der Waals surface area contributed by atoms with Crippen LogP contribution in [0.5, 0.6) is 0 Å². The molecule has 0 bridgehead atoms. The van der Waals surface area contributed by atoms with E-state index in [1.54, 1.807) is 4.68 Å². The van der Waals surface area contributed by atoms with E-state index in [1.165, 1.54) is 0 Å². The molecule has 25 heavy (non-hydrogen) atoms. The first-order valence-corrected chi connectivity index (χ1v) is 9.08. The van der Waals surface area contributed by atoms with Crippen molar-refractivity contribution in [1.82, 2.24) is 24.5 Å². The van der Waals surface area contributed by atoms with Gasteiger partial charge in [-0.15, -0.1) is 0 Å². The normalized spacial score (nSPS) is 18.4. The first-order chi connectivity index (χ1) is 11.7. The highest BCUT2D eigenvalue weighted by Crippen LogP contribution is 2.33. The Morgan fingerprint density at radius 2 is 2.04 bits per heavy atom. The average molecular weight is 343 g/mol. The van der Waals surface area contributed by atoms with Crippen LogP contribution in [0.25, 0.3) is 0 Å². The van der Waals surface area contributed by atoms with Crippen LogP contribution < -0.4 is 0 Å². The number of carbonyl (C=O) groups excluding carboxylic acids is 1. The highest BCUT2D eigenvalue weighted by Gasteiger charge is 2.33. The molecule has 1 aliphatic heterocycles. The second kappa shape index (κ2) is 6.32. The van der Waals surface area contributed by atoms with Gasteiger partial charge < -0.3 is 4.90 Å². The molecule has 0 radical (unpaired) electrons. The molecule has 6 heteroatoms. The molecular formula is C19H29N5O. The summed E-state index contributed by atoms with van der Waals surface area (Å²) < 4.78 is 3.79. The molecule has 2 aromatic heterocycles. The maximum atomic E-state index is 13.2. The molecule has 136 valence electrons. The lowest BCUT2D eigenvalue weighted by Crippen LogP contribution is -2.31. The lowest BCUT2D eigenvalue weighted by Gasteiger charge is -2.24. The van der Waals surface area contributed by atoms with Crippen molar-refractivity contribution in [2.75, 3.05) is 6.54 Å². The number of amides is 1. The van der Waals surface area contributed by atoms with Crippen LogP contribution in [0.4, 0.5) is 0 Å². The van der Waals surface area contributed by atoms with Crippen molar-refractivity contribution < 1.29 is 4.79 Å². The Hall–Kier alpha value is -2.11. The number of aromatic nitrogens is 4. The molecule has 0 saturated carbocycles. The van der Waals surface area contributed by atoms with Crippen molar-refractivity contribution in [2.24, 2.45) is 7.05 Å². The predicted octanol–water partition coefficient (Wildman–Crippen LogP) is 3.47. The zero-order chi connectivity index (χ0) is 18.4. The third-order valence-electron chi connectivity index (χ3n) is 4.81. The molecule has 1 amide bonds. The Balaban J connectivity index is 1.92. The van der Waals surface area contributed by atoms with Crippen LogP contribution in [-0.4, -0.2) is 36.9 Å². The van der Waals surface area contributed by atoms with Crippen LogP contribution >= 0.6 is 0 Å². The Labute approximate surface area is 149 Å². The molecule has 0 aliphatic carbocycles. The molecular weight excluding hydrogens is 314 g/mol. The molecule has 1 aliphatic rings. The fourth-order valence-corrected chi connectivity index (χ4v) is 3.56. The van der Waals surface area contributed by atoms with Gasteiger partial charge in [0.2, 0.25) is 0 Å². The Kier molecular flexibility index (Phi) is 4.47. The van der Waals surface area contributed by atoms with Crippen molar-refractivity contribution in [3.8, 4) is 0 Å². The summed E-state index contributed by atoms with van der Waals surface area (Å²) in [5, 5.41) is 8.95. The summed E-state index contributed by atoms with van der Waals surface area (Å²) >= 11 is 0. The van der Waals surface area contributed by atoms with Gasteiger partial charge in [-0.1, -0.05) is 13.8 Å². The maximum Gasteiger partial charge on any atom is 0.274 e. The van der Waals surface area contributed by atoms with Gasteiger partial charge >= 0.3 is 0 Å². The second-order valence-corrected chi connectivity index (χ2v) is 8.30. The van der Waals surface area contributed by atoms with Gasteiger partial charge in [0, 0.05) is 31.0 Å². The van der Waals surface area contributed by atoms with E-state index in [-0.39, 0.29) is 17.5 Å². The zero-order valence-corrected chi connectivity index (χ0v) is 16.2. The second-order valence-electron chi connectivity index (χ2n) is 8.30. The number of hydrogen-bond donors (Lipinski definition) is 0. The van der Waals surface area contributed by atoms with Crippen molar-refractivity contribution in [3.05, 3.63) is 35.4 Å². The van der Waals surface area contributed by atoms with E-state index in [1.807, 2.05) is 35.1 Å². The number of likely N-dealkylation sites (tertiary alicyclic amines) is 1. The van der Waals surface area contributed by atoms with Crippen molar-refractivity contribution in [3.63, 3.8) is 0 Å². The summed E-state index contributed by atoms with van der Waals surface area (Å²) in [4.78, 5) is 15.1. The predicted molar refractivity (Wildman–Crippen MR) is 97.5 cm³/mol. The summed E-state index contributed by atoms with van der Waals surface area (Å²) in [6.45, 7) is 11.4. The van der Waals surface area contributed by atoms with Crippen LogP contribution in [-0.2, 0) is 12.6 Å². The van der Waals surface area contributed by atoms with Gasteiger partial charge in [0.25, 0.3) is 5.91 Å². The minimum atomic E-state index is -0.147. The molecule has 2 aromatic rings. The average Bonchev–Trinajstić information content (AvgIpc) is 3.23. The van der Waals surface area contributed by atoms with E-state index < -0.39 is 0 Å². The number of rotatable bonds is 3. The number of aryl methyl sites for hydroxylation is 1. The third kappa shape index (κ3) is 3.34. The largest absolute Gasteiger partial charge is 0.330 e. The summed E-state index contributed by atoms with van der Waals surface area (Å²) in [6.07, 6.45) is 5.86. The van der Waals surface area contributed by atoms with Gasteiger partial charge in [0.15, 0.2) is 5.69 Å². The Bertz CT molecular complexity index is 765. The molecule has 0 N–H and O–H groups in total. The lowest BCUT2D eigenvalue weighted by molar-refractivity contribution is 0.0728. The van der Waals surface area contributed by atoms with Crippen LogP contribution in [0.2, 0.25) is 0 Å². The van der Waals surface area contributed by atoms with Gasteiger partial charge in [-0.05, 0) is 45.6 Å². The smallest absolute Gasteiger partial charge is 0.274 e. The quantitative estimate of drug-likeness (QED) is 0.857. The van der Waals surface area contributed by atoms with E-state index in [0.29, 0.717) is 11.6 Å². The van der Waals surface area contributed by atoms with Crippen LogP contribution in [0.3, 0.4) is 0 Å². The number of nitrogens with zero attached hydrogens (tertiary/aromatic N) is 5. The van der Waals surface area contributed by atoms with Crippen molar-refractivity contribution in [2.45, 2.75) is 65.0 Å². The lowest BCUT2D eigenvalue weighted by atomic mass is 10.1. The minimum Gasteiger partial charge on any atom is -0.330 e. The monoisotopic (exact) mass is 343 g/mol. The molecule has 0 spiro atoms.